The minimum absolute atomic E-state index is 0.941. The zero-order valence-corrected chi connectivity index (χ0v) is 7.88. The lowest BCUT2D eigenvalue weighted by atomic mass is 10.1. The summed E-state index contributed by atoms with van der Waals surface area (Å²) < 4.78 is 0. The fraction of sp³-hybridized carbons (Fsp3) is 1.00. The molecule has 5 atom stereocenters. The summed E-state index contributed by atoms with van der Waals surface area (Å²) in [5, 5.41) is 0. The Morgan fingerprint density at radius 2 is 2.00 bits per heavy atom. The highest BCUT2D eigenvalue weighted by Crippen LogP contribution is 2.52. The topological polar surface area (TPSA) is 3.01 Å². The maximum absolute atomic E-state index is 2.56. The zero-order valence-electron chi connectivity index (χ0n) is 7.88. The number of rotatable bonds is 3. The van der Waals surface area contributed by atoms with Gasteiger partial charge in [-0.15, -0.1) is 0 Å². The van der Waals surface area contributed by atoms with Crippen LogP contribution in [0.3, 0.4) is 0 Å². The molecule has 1 heteroatoms. The van der Waals surface area contributed by atoms with Crippen molar-refractivity contribution in [3.05, 3.63) is 0 Å². The minimum Gasteiger partial charge on any atom is -0.297 e. The third kappa shape index (κ3) is 1.10. The first-order valence-electron chi connectivity index (χ1n) is 5.01. The Labute approximate surface area is 69.8 Å². The number of likely N-dealkylation sites (N-methyl/N-ethyl adjacent to an activating group) is 1. The SMILES string of the molecule is CCC1CC1C1C(CC)N1C. The van der Waals surface area contributed by atoms with Gasteiger partial charge in [-0.25, -0.2) is 0 Å². The van der Waals surface area contributed by atoms with E-state index in [0.29, 0.717) is 0 Å². The summed E-state index contributed by atoms with van der Waals surface area (Å²) in [7, 11) is 2.28. The average molecular weight is 153 g/mol. The third-order valence-corrected chi connectivity index (χ3v) is 3.66. The van der Waals surface area contributed by atoms with E-state index in [-0.39, 0.29) is 0 Å². The van der Waals surface area contributed by atoms with Crippen molar-refractivity contribution in [1.82, 2.24) is 4.90 Å². The molecule has 2 rings (SSSR count). The summed E-state index contributed by atoms with van der Waals surface area (Å²) in [4.78, 5) is 2.56. The van der Waals surface area contributed by atoms with E-state index in [9.17, 15) is 0 Å². The summed E-state index contributed by atoms with van der Waals surface area (Å²) in [5.74, 6) is 2.16. The molecule has 1 heterocycles. The van der Waals surface area contributed by atoms with E-state index in [1.165, 1.54) is 19.3 Å². The number of nitrogens with zero attached hydrogens (tertiary/aromatic N) is 1. The van der Waals surface area contributed by atoms with Gasteiger partial charge in [0.25, 0.3) is 0 Å². The van der Waals surface area contributed by atoms with Crippen molar-refractivity contribution in [2.45, 2.75) is 45.2 Å². The minimum atomic E-state index is 0.941. The molecule has 0 bridgehead atoms. The van der Waals surface area contributed by atoms with Gasteiger partial charge in [0.1, 0.15) is 0 Å². The van der Waals surface area contributed by atoms with Gasteiger partial charge in [-0.2, -0.15) is 0 Å². The van der Waals surface area contributed by atoms with Crippen LogP contribution in [0.15, 0.2) is 0 Å². The lowest BCUT2D eigenvalue weighted by Gasteiger charge is -1.92. The van der Waals surface area contributed by atoms with Crippen LogP contribution in [-0.4, -0.2) is 24.0 Å². The molecule has 2 fully saturated rings. The van der Waals surface area contributed by atoms with Crippen LogP contribution in [0.25, 0.3) is 0 Å². The largest absolute Gasteiger partial charge is 0.297 e. The predicted octanol–water partition coefficient (Wildman–Crippen LogP) is 2.13. The molecule has 0 aromatic carbocycles. The van der Waals surface area contributed by atoms with E-state index < -0.39 is 0 Å². The first-order chi connectivity index (χ1) is 5.29. The lowest BCUT2D eigenvalue weighted by Crippen LogP contribution is -1.98. The second kappa shape index (κ2) is 2.48. The highest BCUT2D eigenvalue weighted by Gasteiger charge is 2.55. The summed E-state index contributed by atoms with van der Waals surface area (Å²) in [6.45, 7) is 4.64. The van der Waals surface area contributed by atoms with Crippen LogP contribution in [0.1, 0.15) is 33.1 Å². The van der Waals surface area contributed by atoms with Gasteiger partial charge in [0.05, 0.1) is 0 Å². The van der Waals surface area contributed by atoms with Crippen molar-refractivity contribution < 1.29 is 0 Å². The fourth-order valence-electron chi connectivity index (χ4n) is 2.71. The first kappa shape index (κ1) is 7.60. The molecule has 64 valence electrons. The van der Waals surface area contributed by atoms with Gasteiger partial charge in [-0.05, 0) is 31.7 Å². The molecule has 5 unspecified atom stereocenters. The average Bonchev–Trinajstić information content (AvgIpc) is 2.84. The maximum Gasteiger partial charge on any atom is 0.0282 e. The van der Waals surface area contributed by atoms with E-state index in [1.807, 2.05) is 0 Å². The van der Waals surface area contributed by atoms with Gasteiger partial charge in [0.2, 0.25) is 0 Å². The van der Waals surface area contributed by atoms with Crippen LogP contribution >= 0.6 is 0 Å². The van der Waals surface area contributed by atoms with Crippen LogP contribution in [0.4, 0.5) is 0 Å². The highest BCUT2D eigenvalue weighted by molar-refractivity contribution is 5.10. The van der Waals surface area contributed by atoms with Gasteiger partial charge in [0.15, 0.2) is 0 Å². The Kier molecular flexibility index (Phi) is 1.71. The quantitative estimate of drug-likeness (QED) is 0.561. The van der Waals surface area contributed by atoms with Gasteiger partial charge < -0.3 is 0 Å². The van der Waals surface area contributed by atoms with E-state index in [2.05, 4.69) is 25.8 Å². The summed E-state index contributed by atoms with van der Waals surface area (Å²) in [5.41, 5.74) is 0. The second-order valence-corrected chi connectivity index (χ2v) is 4.20. The maximum atomic E-state index is 2.56. The van der Waals surface area contributed by atoms with E-state index in [0.717, 1.165) is 23.9 Å². The molecule has 1 aliphatic heterocycles. The van der Waals surface area contributed by atoms with Gasteiger partial charge in [0, 0.05) is 12.1 Å². The molecule has 2 aliphatic rings. The molecule has 0 aromatic rings. The van der Waals surface area contributed by atoms with Crippen LogP contribution in [-0.2, 0) is 0 Å². The normalized spacial score (nSPS) is 54.3. The van der Waals surface area contributed by atoms with Crippen molar-refractivity contribution in [3.8, 4) is 0 Å². The molecule has 1 saturated heterocycles. The van der Waals surface area contributed by atoms with Gasteiger partial charge in [-0.1, -0.05) is 20.3 Å². The van der Waals surface area contributed by atoms with Gasteiger partial charge >= 0.3 is 0 Å². The highest BCUT2D eigenvalue weighted by atomic mass is 15.3. The summed E-state index contributed by atoms with van der Waals surface area (Å²) in [6, 6.07) is 1.92. The fourth-order valence-corrected chi connectivity index (χ4v) is 2.71. The van der Waals surface area contributed by atoms with Crippen LogP contribution in [0.5, 0.6) is 0 Å². The molecule has 0 radical (unpaired) electrons. The van der Waals surface area contributed by atoms with Crippen LogP contribution < -0.4 is 0 Å². The smallest absolute Gasteiger partial charge is 0.0282 e. The van der Waals surface area contributed by atoms with E-state index in [4.69, 9.17) is 0 Å². The molecule has 0 N–H and O–H groups in total. The van der Waals surface area contributed by atoms with E-state index >= 15 is 0 Å². The predicted molar refractivity (Wildman–Crippen MR) is 47.5 cm³/mol. The molecule has 11 heavy (non-hydrogen) atoms. The molecular weight excluding hydrogens is 134 g/mol. The van der Waals surface area contributed by atoms with Crippen molar-refractivity contribution in [2.24, 2.45) is 11.8 Å². The molecule has 1 saturated carbocycles. The van der Waals surface area contributed by atoms with E-state index in [1.54, 1.807) is 0 Å². The molecule has 0 amide bonds. The Morgan fingerprint density at radius 3 is 2.36 bits per heavy atom. The standard InChI is InChI=1S/C10H19N/c1-4-7-6-8(7)10-9(5-2)11(10)3/h7-10H,4-6H2,1-3H3. The Morgan fingerprint density at radius 1 is 1.27 bits per heavy atom. The molecule has 0 spiro atoms. The van der Waals surface area contributed by atoms with Crippen LogP contribution in [0, 0.1) is 11.8 Å². The first-order valence-corrected chi connectivity index (χ1v) is 5.01. The monoisotopic (exact) mass is 153 g/mol. The van der Waals surface area contributed by atoms with Gasteiger partial charge in [-0.3, -0.25) is 4.90 Å². The van der Waals surface area contributed by atoms with Crippen molar-refractivity contribution in [2.75, 3.05) is 7.05 Å². The Bertz CT molecular complexity index is 155. The molecule has 0 aromatic heterocycles. The van der Waals surface area contributed by atoms with Crippen molar-refractivity contribution in [1.29, 1.82) is 0 Å². The number of hydrogen-bond donors (Lipinski definition) is 0. The van der Waals surface area contributed by atoms with Crippen LogP contribution in [0.2, 0.25) is 0 Å². The number of hydrogen-bond acceptors (Lipinski definition) is 1. The molecule has 1 aliphatic carbocycles. The molecule has 1 nitrogen and oxygen atoms in total. The second-order valence-electron chi connectivity index (χ2n) is 4.20. The Hall–Kier alpha value is -0.0400. The third-order valence-electron chi connectivity index (χ3n) is 3.66. The van der Waals surface area contributed by atoms with Crippen molar-refractivity contribution in [3.63, 3.8) is 0 Å². The summed E-state index contributed by atoms with van der Waals surface area (Å²) >= 11 is 0. The molecular formula is C10H19N. The summed E-state index contributed by atoms with van der Waals surface area (Å²) in [6.07, 6.45) is 4.28. The lowest BCUT2D eigenvalue weighted by molar-refractivity contribution is 0.533. The van der Waals surface area contributed by atoms with Crippen molar-refractivity contribution >= 4 is 0 Å². The Balaban J connectivity index is 1.82. The zero-order chi connectivity index (χ0) is 8.01.